The molecule has 2 aromatic heterocycles. The highest BCUT2D eigenvalue weighted by atomic mass is 32.2. The quantitative estimate of drug-likeness (QED) is 0.366. The summed E-state index contributed by atoms with van der Waals surface area (Å²) in [5.41, 5.74) is 2.32. The number of carbonyl (C=O) groups excluding carboxylic acids is 1. The van der Waals surface area contributed by atoms with Gasteiger partial charge in [0.25, 0.3) is 0 Å². The van der Waals surface area contributed by atoms with Crippen molar-refractivity contribution in [3.63, 3.8) is 0 Å². The minimum Gasteiger partial charge on any atom is -0.475 e. The van der Waals surface area contributed by atoms with Gasteiger partial charge in [-0.1, -0.05) is 20.3 Å². The van der Waals surface area contributed by atoms with Crippen molar-refractivity contribution in [2.24, 2.45) is 0 Å². The molecule has 0 atom stereocenters. The second-order valence-electron chi connectivity index (χ2n) is 11.8. The molecule has 0 saturated heterocycles. The minimum atomic E-state index is -3.71. The van der Waals surface area contributed by atoms with Crippen LogP contribution in [0.2, 0.25) is 0 Å². The number of pyridine rings is 2. The summed E-state index contributed by atoms with van der Waals surface area (Å²) in [6, 6.07) is 4.93. The Bertz CT molecular complexity index is 1630. The first-order chi connectivity index (χ1) is 19.0. The fourth-order valence-electron chi connectivity index (χ4n) is 5.71. The summed E-state index contributed by atoms with van der Waals surface area (Å²) in [5.74, 6) is -0.333. The monoisotopic (exact) mass is 567 g/mol. The number of benzene rings is 1. The van der Waals surface area contributed by atoms with Crippen LogP contribution in [0.5, 0.6) is 5.88 Å². The number of amides is 1. The Morgan fingerprint density at radius 2 is 1.88 bits per heavy atom. The van der Waals surface area contributed by atoms with Crippen LogP contribution in [0.4, 0.5) is 15.8 Å². The van der Waals surface area contributed by atoms with Crippen LogP contribution >= 0.6 is 0 Å². The van der Waals surface area contributed by atoms with E-state index in [0.29, 0.717) is 30.5 Å². The van der Waals surface area contributed by atoms with Crippen molar-refractivity contribution < 1.29 is 22.3 Å². The largest absolute Gasteiger partial charge is 0.475 e. The fourth-order valence-corrected chi connectivity index (χ4v) is 7.03. The van der Waals surface area contributed by atoms with Crippen LogP contribution in [0.25, 0.3) is 22.0 Å². The second kappa shape index (κ2) is 9.37. The summed E-state index contributed by atoms with van der Waals surface area (Å²) < 4.78 is 49.5. The average molecular weight is 568 g/mol. The Morgan fingerprint density at radius 1 is 1.12 bits per heavy atom. The van der Waals surface area contributed by atoms with E-state index < -0.39 is 26.0 Å². The number of anilines is 2. The molecule has 1 aliphatic heterocycles. The Labute approximate surface area is 233 Å². The number of rotatable bonds is 9. The Hall–Kier alpha value is -3.31. The van der Waals surface area contributed by atoms with Crippen LogP contribution in [0.1, 0.15) is 58.4 Å². The van der Waals surface area contributed by atoms with Crippen molar-refractivity contribution in [2.45, 2.75) is 69.1 Å². The molecule has 1 spiro atoms. The molecule has 0 unspecified atom stereocenters. The van der Waals surface area contributed by atoms with Gasteiger partial charge in [0.2, 0.25) is 21.8 Å². The van der Waals surface area contributed by atoms with E-state index >= 15 is 4.39 Å². The molecule has 0 bridgehead atoms. The van der Waals surface area contributed by atoms with E-state index in [1.807, 2.05) is 13.8 Å². The van der Waals surface area contributed by atoms with Crippen molar-refractivity contribution >= 4 is 38.2 Å². The van der Waals surface area contributed by atoms with Gasteiger partial charge in [0.15, 0.2) is 0 Å². The summed E-state index contributed by atoms with van der Waals surface area (Å²) in [7, 11) is -1.96. The molecule has 1 amide bonds. The molecule has 3 heterocycles. The van der Waals surface area contributed by atoms with Crippen LogP contribution in [0, 0.1) is 5.82 Å². The smallest absolute Gasteiger partial charge is 0.238 e. The van der Waals surface area contributed by atoms with E-state index in [4.69, 9.17) is 4.74 Å². The number of ether oxygens (including phenoxy) is 1. The number of fused-ring (bicyclic) bond motifs is 4. The number of carbonyl (C=O) groups is 1. The highest BCUT2D eigenvalue weighted by Gasteiger charge is 2.54. The van der Waals surface area contributed by atoms with Crippen molar-refractivity contribution in [3.05, 3.63) is 42.0 Å². The zero-order valence-corrected chi connectivity index (χ0v) is 24.0. The summed E-state index contributed by atoms with van der Waals surface area (Å²) in [6.45, 7) is 6.57. The highest BCUT2D eigenvalue weighted by molar-refractivity contribution is 7.94. The van der Waals surface area contributed by atoms with Crippen molar-refractivity contribution in [1.29, 1.82) is 0 Å². The number of nitrogens with zero attached hydrogens (tertiary/aromatic N) is 3. The van der Waals surface area contributed by atoms with Gasteiger partial charge in [0, 0.05) is 54.0 Å². The predicted molar refractivity (Wildman–Crippen MR) is 153 cm³/mol. The highest BCUT2D eigenvalue weighted by Crippen LogP contribution is 2.55. The van der Waals surface area contributed by atoms with Crippen LogP contribution < -0.4 is 19.7 Å². The lowest BCUT2D eigenvalue weighted by molar-refractivity contribution is -0.125. The third-order valence-electron chi connectivity index (χ3n) is 8.60. The van der Waals surface area contributed by atoms with Gasteiger partial charge < -0.3 is 15.0 Å². The molecular weight excluding hydrogens is 533 g/mol. The Balaban J connectivity index is 1.43. The third kappa shape index (κ3) is 4.21. The lowest BCUT2D eigenvalue weighted by atomic mass is 9.64. The number of sulfonamides is 1. The van der Waals surface area contributed by atoms with Crippen molar-refractivity contribution in [2.75, 3.05) is 29.8 Å². The first-order valence-corrected chi connectivity index (χ1v) is 15.2. The Kier molecular flexibility index (Phi) is 6.30. The van der Waals surface area contributed by atoms with E-state index in [1.165, 1.54) is 12.3 Å². The molecule has 9 nitrogen and oxygen atoms in total. The van der Waals surface area contributed by atoms with Gasteiger partial charge in [-0.05, 0) is 44.7 Å². The molecule has 3 aliphatic rings. The molecule has 40 heavy (non-hydrogen) atoms. The fraction of sp³-hybridized carbons (Fsp3) is 0.483. The molecule has 6 rings (SSSR count). The average Bonchev–Trinajstić information content (AvgIpc) is 3.59. The van der Waals surface area contributed by atoms with Crippen molar-refractivity contribution in [1.82, 2.24) is 15.3 Å². The molecule has 2 fully saturated rings. The first kappa shape index (κ1) is 26.9. The van der Waals surface area contributed by atoms with Crippen LogP contribution in [-0.2, 0) is 20.2 Å². The molecule has 3 aromatic rings. The number of hydrogen-bond acceptors (Lipinski definition) is 7. The molecule has 2 aliphatic carbocycles. The van der Waals surface area contributed by atoms with Crippen LogP contribution in [0.15, 0.2) is 30.6 Å². The summed E-state index contributed by atoms with van der Waals surface area (Å²) in [6.07, 6.45) is 6.72. The minimum absolute atomic E-state index is 0.0503. The predicted octanol–water partition coefficient (Wildman–Crippen LogP) is 4.51. The van der Waals surface area contributed by atoms with Gasteiger partial charge in [0.1, 0.15) is 18.1 Å². The molecule has 2 N–H and O–H groups in total. The lowest BCUT2D eigenvalue weighted by Crippen LogP contribution is -2.43. The van der Waals surface area contributed by atoms with Crippen LogP contribution in [-0.4, -0.2) is 55.3 Å². The maximum atomic E-state index is 15.6. The zero-order chi connectivity index (χ0) is 28.4. The molecule has 212 valence electrons. The van der Waals surface area contributed by atoms with Gasteiger partial charge in [-0.2, -0.15) is 0 Å². The number of hydrogen-bond donors (Lipinski definition) is 2. The van der Waals surface area contributed by atoms with Gasteiger partial charge in [-0.3, -0.25) is 14.5 Å². The number of halogens is 1. The van der Waals surface area contributed by atoms with E-state index in [2.05, 4.69) is 20.0 Å². The maximum absolute atomic E-state index is 15.6. The van der Waals surface area contributed by atoms with E-state index in [9.17, 15) is 13.2 Å². The van der Waals surface area contributed by atoms with Crippen LogP contribution in [0.3, 0.4) is 0 Å². The number of likely N-dealkylation sites (N-methyl/N-ethyl adjacent to an activating group) is 1. The SMILES string of the molecule is CC(C)NCCOc1ncc(-c2cc3c4c(cnc3cc2F)N(C)C(=O)C42CCC2)cc1NS(=O)(=O)C1(C)CC1. The topological polar surface area (TPSA) is 114 Å². The first-order valence-electron chi connectivity index (χ1n) is 13.8. The molecule has 2 saturated carbocycles. The van der Waals surface area contributed by atoms with E-state index in [-0.39, 0.29) is 35.7 Å². The third-order valence-corrected chi connectivity index (χ3v) is 10.8. The summed E-state index contributed by atoms with van der Waals surface area (Å²) in [5, 5.41) is 3.97. The number of aromatic nitrogens is 2. The van der Waals surface area contributed by atoms with Gasteiger partial charge >= 0.3 is 0 Å². The Morgan fingerprint density at radius 3 is 2.52 bits per heavy atom. The summed E-state index contributed by atoms with van der Waals surface area (Å²) >= 11 is 0. The van der Waals surface area contributed by atoms with Gasteiger partial charge in [0.05, 0.1) is 27.6 Å². The number of nitrogens with one attached hydrogen (secondary N) is 2. The van der Waals surface area contributed by atoms with Gasteiger partial charge in [-0.25, -0.2) is 17.8 Å². The molecule has 0 radical (unpaired) electrons. The zero-order valence-electron chi connectivity index (χ0n) is 23.2. The lowest BCUT2D eigenvalue weighted by Gasteiger charge is -2.37. The maximum Gasteiger partial charge on any atom is 0.238 e. The molecule has 1 aromatic carbocycles. The van der Waals surface area contributed by atoms with Gasteiger partial charge in [-0.15, -0.1) is 0 Å². The standard InChI is InChI=1S/C29H34FN5O4S/c1-17(2)31-10-11-39-26-23(34-40(37,38)28(3)8-9-28)12-18(15-33-26)19-13-20-22(14-21(19)30)32-16-24-25(20)29(6-5-7-29)27(36)35(24)4/h12-17,31,34H,5-11H2,1-4H3. The van der Waals surface area contributed by atoms with Crippen molar-refractivity contribution in [3.8, 4) is 17.0 Å². The van der Waals surface area contributed by atoms with E-state index in [1.54, 1.807) is 37.2 Å². The van der Waals surface area contributed by atoms with E-state index in [0.717, 1.165) is 35.9 Å². The molecular formula is C29H34FN5O4S. The normalized spacial score (nSPS) is 18.8. The molecule has 11 heteroatoms. The summed E-state index contributed by atoms with van der Waals surface area (Å²) in [4.78, 5) is 23.7. The second-order valence-corrected chi connectivity index (χ2v) is 14.0.